The Labute approximate surface area is 153 Å². The van der Waals surface area contributed by atoms with E-state index >= 15 is 0 Å². The Bertz CT molecular complexity index is 886. The summed E-state index contributed by atoms with van der Waals surface area (Å²) in [6.07, 6.45) is 1.71. The van der Waals surface area contributed by atoms with Crippen molar-refractivity contribution in [1.82, 2.24) is 4.90 Å². The first-order valence-electron chi connectivity index (χ1n) is 7.60. The van der Waals surface area contributed by atoms with Gasteiger partial charge in [-0.25, -0.2) is 0 Å². The first-order valence-corrected chi connectivity index (χ1v) is 9.30. The summed E-state index contributed by atoms with van der Waals surface area (Å²) in [5.74, 6) is -0.826. The SMILES string of the molecule is Cc1ccccc1NC(=O)CN1C(=O)S/C(=C/c2sccc2C)C1=O. The van der Waals surface area contributed by atoms with Gasteiger partial charge in [0.05, 0.1) is 4.91 Å². The number of carbonyl (C=O) groups excluding carboxylic acids is 3. The number of nitrogens with one attached hydrogen (secondary N) is 1. The molecule has 1 aromatic carbocycles. The summed E-state index contributed by atoms with van der Waals surface area (Å²) in [6, 6.07) is 9.30. The van der Waals surface area contributed by atoms with E-state index in [9.17, 15) is 14.4 Å². The second kappa shape index (κ2) is 7.25. The second-order valence-corrected chi connectivity index (χ2v) is 7.54. The second-order valence-electron chi connectivity index (χ2n) is 5.60. The molecule has 1 aliphatic rings. The number of aryl methyl sites for hydroxylation is 2. The minimum Gasteiger partial charge on any atom is -0.324 e. The van der Waals surface area contributed by atoms with Gasteiger partial charge in [-0.15, -0.1) is 11.3 Å². The summed E-state index contributed by atoms with van der Waals surface area (Å²) >= 11 is 2.37. The Morgan fingerprint density at radius 1 is 1.16 bits per heavy atom. The Hall–Kier alpha value is -2.38. The van der Waals surface area contributed by atoms with Crippen molar-refractivity contribution in [1.29, 1.82) is 0 Å². The molecule has 1 aliphatic heterocycles. The van der Waals surface area contributed by atoms with Gasteiger partial charge in [-0.1, -0.05) is 18.2 Å². The molecule has 25 heavy (non-hydrogen) atoms. The Morgan fingerprint density at radius 3 is 2.60 bits per heavy atom. The van der Waals surface area contributed by atoms with Gasteiger partial charge >= 0.3 is 0 Å². The lowest BCUT2D eigenvalue weighted by molar-refractivity contribution is -0.127. The molecule has 1 saturated heterocycles. The number of rotatable bonds is 4. The maximum atomic E-state index is 12.4. The highest BCUT2D eigenvalue weighted by Crippen LogP contribution is 2.33. The molecule has 0 bridgehead atoms. The number of imide groups is 1. The fourth-order valence-corrected chi connectivity index (χ4v) is 4.09. The van der Waals surface area contributed by atoms with E-state index in [2.05, 4.69) is 5.32 Å². The lowest BCUT2D eigenvalue weighted by Gasteiger charge is -2.13. The van der Waals surface area contributed by atoms with Crippen molar-refractivity contribution < 1.29 is 14.4 Å². The van der Waals surface area contributed by atoms with E-state index in [0.29, 0.717) is 10.6 Å². The molecular formula is C18H16N2O3S2. The van der Waals surface area contributed by atoms with Crippen LogP contribution in [0.4, 0.5) is 10.5 Å². The number of carbonyl (C=O) groups is 3. The fourth-order valence-electron chi connectivity index (χ4n) is 2.33. The maximum absolute atomic E-state index is 12.4. The molecule has 2 heterocycles. The van der Waals surface area contributed by atoms with Gasteiger partial charge in [0, 0.05) is 10.6 Å². The standard InChI is InChI=1S/C18H16N2O3S2/c1-11-5-3-4-6-13(11)19-16(21)10-20-17(22)15(25-18(20)23)9-14-12(2)7-8-24-14/h3-9H,10H2,1-2H3,(H,19,21)/b15-9+. The minimum absolute atomic E-state index is 0.292. The van der Waals surface area contributed by atoms with E-state index in [1.54, 1.807) is 12.1 Å². The predicted octanol–water partition coefficient (Wildman–Crippen LogP) is 4.04. The van der Waals surface area contributed by atoms with Crippen LogP contribution in [0.1, 0.15) is 16.0 Å². The fraction of sp³-hybridized carbons (Fsp3) is 0.167. The number of anilines is 1. The molecule has 1 fully saturated rings. The first-order chi connectivity index (χ1) is 12.0. The van der Waals surface area contributed by atoms with Crippen LogP contribution in [0.3, 0.4) is 0 Å². The predicted molar refractivity (Wildman–Crippen MR) is 102 cm³/mol. The van der Waals surface area contributed by atoms with Crippen LogP contribution < -0.4 is 5.32 Å². The minimum atomic E-state index is -0.428. The van der Waals surface area contributed by atoms with Crippen LogP contribution in [0.5, 0.6) is 0 Å². The number of thioether (sulfide) groups is 1. The zero-order valence-corrected chi connectivity index (χ0v) is 15.4. The van der Waals surface area contributed by atoms with E-state index in [-0.39, 0.29) is 6.54 Å². The van der Waals surface area contributed by atoms with E-state index in [4.69, 9.17) is 0 Å². The average Bonchev–Trinajstić information content (AvgIpc) is 3.08. The van der Waals surface area contributed by atoms with Crippen molar-refractivity contribution in [3.05, 3.63) is 56.6 Å². The van der Waals surface area contributed by atoms with Crippen molar-refractivity contribution in [2.75, 3.05) is 11.9 Å². The summed E-state index contributed by atoms with van der Waals surface area (Å²) in [5, 5.41) is 4.24. The summed E-state index contributed by atoms with van der Waals surface area (Å²) in [4.78, 5) is 39.0. The van der Waals surface area contributed by atoms with Crippen molar-refractivity contribution in [2.45, 2.75) is 13.8 Å². The highest BCUT2D eigenvalue weighted by Gasteiger charge is 2.36. The summed E-state index contributed by atoms with van der Waals surface area (Å²) < 4.78 is 0. The monoisotopic (exact) mass is 372 g/mol. The molecule has 2 aromatic rings. The molecule has 3 amide bonds. The molecule has 7 heteroatoms. The van der Waals surface area contributed by atoms with Crippen molar-refractivity contribution in [3.8, 4) is 0 Å². The van der Waals surface area contributed by atoms with E-state index in [0.717, 1.165) is 32.7 Å². The third-order valence-corrected chi connectivity index (χ3v) is 5.63. The Balaban J connectivity index is 1.71. The van der Waals surface area contributed by atoms with Gasteiger partial charge in [-0.3, -0.25) is 19.3 Å². The topological polar surface area (TPSA) is 66.5 Å². The quantitative estimate of drug-likeness (QED) is 0.823. The van der Waals surface area contributed by atoms with Crippen LogP contribution in [0.15, 0.2) is 40.6 Å². The van der Waals surface area contributed by atoms with E-state index in [1.165, 1.54) is 11.3 Å². The first kappa shape index (κ1) is 17.4. The zero-order chi connectivity index (χ0) is 18.0. The lowest BCUT2D eigenvalue weighted by Crippen LogP contribution is -2.36. The maximum Gasteiger partial charge on any atom is 0.294 e. The number of hydrogen-bond acceptors (Lipinski definition) is 5. The van der Waals surface area contributed by atoms with Gasteiger partial charge in [-0.05, 0) is 60.3 Å². The van der Waals surface area contributed by atoms with Crippen LogP contribution in [-0.2, 0) is 9.59 Å². The lowest BCUT2D eigenvalue weighted by atomic mass is 10.2. The molecule has 0 spiro atoms. The van der Waals surface area contributed by atoms with Crippen molar-refractivity contribution >= 4 is 51.9 Å². The molecule has 0 saturated carbocycles. The molecule has 3 rings (SSSR count). The number of amides is 3. The molecule has 0 radical (unpaired) electrons. The normalized spacial score (nSPS) is 15.9. The third-order valence-electron chi connectivity index (χ3n) is 3.76. The van der Waals surface area contributed by atoms with Crippen LogP contribution in [0, 0.1) is 13.8 Å². The number of nitrogens with zero attached hydrogens (tertiary/aromatic N) is 1. The van der Waals surface area contributed by atoms with Gasteiger partial charge in [0.25, 0.3) is 11.1 Å². The molecule has 5 nitrogen and oxygen atoms in total. The Morgan fingerprint density at radius 2 is 1.92 bits per heavy atom. The van der Waals surface area contributed by atoms with Crippen molar-refractivity contribution in [3.63, 3.8) is 0 Å². The third kappa shape index (κ3) is 3.83. The van der Waals surface area contributed by atoms with Crippen LogP contribution in [-0.4, -0.2) is 28.5 Å². The molecule has 128 valence electrons. The van der Waals surface area contributed by atoms with Gasteiger partial charge in [0.1, 0.15) is 6.54 Å². The molecule has 1 aromatic heterocycles. The molecular weight excluding hydrogens is 356 g/mol. The van der Waals surface area contributed by atoms with E-state index < -0.39 is 17.1 Å². The number of hydrogen-bond donors (Lipinski definition) is 1. The molecule has 0 aliphatic carbocycles. The highest BCUT2D eigenvalue weighted by molar-refractivity contribution is 8.18. The van der Waals surface area contributed by atoms with Crippen LogP contribution >= 0.6 is 23.1 Å². The number of thiophene rings is 1. The van der Waals surface area contributed by atoms with Crippen molar-refractivity contribution in [2.24, 2.45) is 0 Å². The number of benzene rings is 1. The van der Waals surface area contributed by atoms with Gasteiger partial charge in [0.15, 0.2) is 0 Å². The summed E-state index contributed by atoms with van der Waals surface area (Å²) in [7, 11) is 0. The molecule has 0 atom stereocenters. The van der Waals surface area contributed by atoms with Gasteiger partial charge < -0.3 is 5.32 Å². The average molecular weight is 372 g/mol. The van der Waals surface area contributed by atoms with Gasteiger partial charge in [-0.2, -0.15) is 0 Å². The summed E-state index contributed by atoms with van der Waals surface area (Å²) in [6.45, 7) is 3.53. The van der Waals surface area contributed by atoms with Crippen LogP contribution in [0.2, 0.25) is 0 Å². The largest absolute Gasteiger partial charge is 0.324 e. The number of para-hydroxylation sites is 1. The Kier molecular flexibility index (Phi) is 5.06. The highest BCUT2D eigenvalue weighted by atomic mass is 32.2. The van der Waals surface area contributed by atoms with Gasteiger partial charge in [0.2, 0.25) is 5.91 Å². The molecule has 0 unspecified atom stereocenters. The smallest absolute Gasteiger partial charge is 0.294 e. The van der Waals surface area contributed by atoms with Crippen LogP contribution in [0.25, 0.3) is 6.08 Å². The summed E-state index contributed by atoms with van der Waals surface area (Å²) in [5.41, 5.74) is 2.64. The molecule has 1 N–H and O–H groups in total. The van der Waals surface area contributed by atoms with E-state index in [1.807, 2.05) is 43.5 Å². The zero-order valence-electron chi connectivity index (χ0n) is 13.7.